The van der Waals surface area contributed by atoms with E-state index in [1.54, 1.807) is 14.1 Å². The molecule has 0 bridgehead atoms. The molecule has 0 N–H and O–H groups in total. The molecule has 82 valence electrons. The first-order valence-electron chi connectivity index (χ1n) is 4.52. The van der Waals surface area contributed by atoms with Crippen LogP contribution in [-0.2, 0) is 4.79 Å². The van der Waals surface area contributed by atoms with Gasteiger partial charge in [-0.15, -0.1) is 23.2 Å². The molecular formula is C10H17Cl2NO. The molecule has 0 heterocycles. The van der Waals surface area contributed by atoms with Crippen LogP contribution in [0.5, 0.6) is 0 Å². The van der Waals surface area contributed by atoms with Gasteiger partial charge < -0.3 is 4.90 Å². The van der Waals surface area contributed by atoms with Crippen molar-refractivity contribution >= 4 is 29.1 Å². The first-order chi connectivity index (χ1) is 6.24. The Morgan fingerprint density at radius 1 is 1.50 bits per heavy atom. The van der Waals surface area contributed by atoms with E-state index in [0.717, 1.165) is 0 Å². The van der Waals surface area contributed by atoms with Gasteiger partial charge in [-0.1, -0.05) is 20.4 Å². The molecule has 0 aliphatic heterocycles. The molecule has 14 heavy (non-hydrogen) atoms. The molecule has 0 aliphatic rings. The first-order valence-corrected chi connectivity index (χ1v) is 5.27. The van der Waals surface area contributed by atoms with Gasteiger partial charge in [-0.05, 0) is 6.42 Å². The summed E-state index contributed by atoms with van der Waals surface area (Å²) in [7, 11) is 3.35. The van der Waals surface area contributed by atoms with Crippen LogP contribution in [0.4, 0.5) is 0 Å². The summed E-state index contributed by atoms with van der Waals surface area (Å²) >= 11 is 12.1. The second-order valence-corrected chi connectivity index (χ2v) is 5.10. The minimum atomic E-state index is -0.914. The molecule has 1 amide bonds. The van der Waals surface area contributed by atoms with E-state index in [1.165, 1.54) is 4.90 Å². The molecule has 0 aromatic carbocycles. The van der Waals surface area contributed by atoms with Gasteiger partial charge in [-0.3, -0.25) is 4.79 Å². The second kappa shape index (κ2) is 5.04. The van der Waals surface area contributed by atoms with Gasteiger partial charge >= 0.3 is 0 Å². The predicted octanol–water partition coefficient (Wildman–Crippen LogP) is 2.85. The van der Waals surface area contributed by atoms with E-state index < -0.39 is 4.33 Å². The van der Waals surface area contributed by atoms with Crippen LogP contribution >= 0.6 is 23.2 Å². The average molecular weight is 238 g/mol. The maximum absolute atomic E-state index is 11.6. The maximum Gasteiger partial charge on any atom is 0.249 e. The Bertz CT molecular complexity index is 236. The number of nitrogens with zero attached hydrogens (tertiary/aromatic N) is 1. The van der Waals surface area contributed by atoms with E-state index in [0.29, 0.717) is 12.0 Å². The molecular weight excluding hydrogens is 221 g/mol. The molecule has 0 saturated heterocycles. The summed E-state index contributed by atoms with van der Waals surface area (Å²) in [5.74, 6) is -0.373. The molecule has 0 fully saturated rings. The molecule has 0 rings (SSSR count). The smallest absolute Gasteiger partial charge is 0.249 e. The summed E-state index contributed by atoms with van der Waals surface area (Å²) in [6.45, 7) is 7.42. The second-order valence-electron chi connectivity index (χ2n) is 3.56. The fourth-order valence-electron chi connectivity index (χ4n) is 1.03. The van der Waals surface area contributed by atoms with Crippen molar-refractivity contribution in [3.05, 3.63) is 12.2 Å². The van der Waals surface area contributed by atoms with Gasteiger partial charge in [0.1, 0.15) is 4.33 Å². The summed E-state index contributed by atoms with van der Waals surface area (Å²) in [5, 5.41) is 0. The number of likely N-dealkylation sites (N-methyl/N-ethyl adjacent to an activating group) is 1. The number of carbonyl (C=O) groups excluding carboxylic acids is 1. The Labute approximate surface area is 95.9 Å². The molecule has 0 aliphatic carbocycles. The number of alkyl halides is 2. The van der Waals surface area contributed by atoms with Crippen molar-refractivity contribution in [2.24, 2.45) is 5.92 Å². The highest BCUT2D eigenvalue weighted by Crippen LogP contribution is 2.37. The number of rotatable bonds is 4. The summed E-state index contributed by atoms with van der Waals surface area (Å²) in [6.07, 6.45) is 0.580. The summed E-state index contributed by atoms with van der Waals surface area (Å²) in [6, 6.07) is 0. The Balaban J connectivity index is 4.63. The Morgan fingerprint density at radius 2 is 1.93 bits per heavy atom. The van der Waals surface area contributed by atoms with Crippen LogP contribution in [0.25, 0.3) is 0 Å². The summed E-state index contributed by atoms with van der Waals surface area (Å²) < 4.78 is -0.914. The largest absolute Gasteiger partial charge is 0.345 e. The third kappa shape index (κ3) is 3.18. The summed E-state index contributed by atoms with van der Waals surface area (Å²) in [5.41, 5.74) is 0.446. The standard InChI is InChI=1S/C10H17Cl2NO/c1-6-10(11,12)8(3)7(2)9(14)13(4)5/h8H,2,6H2,1,3-5H3. The normalized spacial score (nSPS) is 13.6. The van der Waals surface area contributed by atoms with Crippen LogP contribution in [0.2, 0.25) is 0 Å². The monoisotopic (exact) mass is 237 g/mol. The van der Waals surface area contributed by atoms with E-state index in [1.807, 2.05) is 13.8 Å². The van der Waals surface area contributed by atoms with Crippen molar-refractivity contribution in [1.29, 1.82) is 0 Å². The Hall–Kier alpha value is -0.210. The van der Waals surface area contributed by atoms with Crippen LogP contribution in [0, 0.1) is 5.92 Å². The zero-order chi connectivity index (χ0) is 11.5. The Morgan fingerprint density at radius 3 is 2.21 bits per heavy atom. The predicted molar refractivity (Wildman–Crippen MR) is 61.7 cm³/mol. The topological polar surface area (TPSA) is 20.3 Å². The molecule has 0 spiro atoms. The van der Waals surface area contributed by atoms with E-state index >= 15 is 0 Å². The van der Waals surface area contributed by atoms with Crippen molar-refractivity contribution in [2.75, 3.05) is 14.1 Å². The van der Waals surface area contributed by atoms with Crippen molar-refractivity contribution in [2.45, 2.75) is 24.6 Å². The molecule has 1 unspecified atom stereocenters. The zero-order valence-electron chi connectivity index (χ0n) is 9.10. The highest BCUT2D eigenvalue weighted by atomic mass is 35.5. The third-order valence-electron chi connectivity index (χ3n) is 2.31. The minimum absolute atomic E-state index is 0.128. The van der Waals surface area contributed by atoms with Crippen molar-refractivity contribution < 1.29 is 4.79 Å². The van der Waals surface area contributed by atoms with E-state index in [4.69, 9.17) is 23.2 Å². The van der Waals surface area contributed by atoms with E-state index in [-0.39, 0.29) is 11.8 Å². The van der Waals surface area contributed by atoms with E-state index in [2.05, 4.69) is 6.58 Å². The van der Waals surface area contributed by atoms with Crippen molar-refractivity contribution in [1.82, 2.24) is 4.90 Å². The quantitative estimate of drug-likeness (QED) is 0.544. The fraction of sp³-hybridized carbons (Fsp3) is 0.700. The summed E-state index contributed by atoms with van der Waals surface area (Å²) in [4.78, 5) is 13.0. The van der Waals surface area contributed by atoms with Crippen molar-refractivity contribution in [3.8, 4) is 0 Å². The van der Waals surface area contributed by atoms with Gasteiger partial charge in [0, 0.05) is 25.6 Å². The number of halogens is 2. The minimum Gasteiger partial charge on any atom is -0.345 e. The van der Waals surface area contributed by atoms with Crippen LogP contribution in [0.3, 0.4) is 0 Å². The molecule has 2 nitrogen and oxygen atoms in total. The molecule has 0 aromatic heterocycles. The lowest BCUT2D eigenvalue weighted by atomic mass is 9.95. The van der Waals surface area contributed by atoms with Crippen LogP contribution in [0.15, 0.2) is 12.2 Å². The molecule has 4 heteroatoms. The van der Waals surface area contributed by atoms with Crippen LogP contribution in [-0.4, -0.2) is 29.2 Å². The van der Waals surface area contributed by atoms with Gasteiger partial charge in [0.2, 0.25) is 5.91 Å². The average Bonchev–Trinajstić information content (AvgIpc) is 2.14. The number of hydrogen-bond donors (Lipinski definition) is 0. The number of carbonyl (C=O) groups is 1. The first kappa shape index (κ1) is 13.8. The van der Waals surface area contributed by atoms with Gasteiger partial charge in [-0.2, -0.15) is 0 Å². The maximum atomic E-state index is 11.6. The Kier molecular flexibility index (Phi) is 4.96. The lowest BCUT2D eigenvalue weighted by molar-refractivity contribution is -0.125. The van der Waals surface area contributed by atoms with Crippen LogP contribution in [0.1, 0.15) is 20.3 Å². The zero-order valence-corrected chi connectivity index (χ0v) is 10.6. The lowest BCUT2D eigenvalue weighted by Gasteiger charge is -2.27. The number of amides is 1. The van der Waals surface area contributed by atoms with E-state index in [9.17, 15) is 4.79 Å². The third-order valence-corrected chi connectivity index (χ3v) is 3.50. The molecule has 0 radical (unpaired) electrons. The van der Waals surface area contributed by atoms with Gasteiger partial charge in [0.05, 0.1) is 0 Å². The van der Waals surface area contributed by atoms with Gasteiger partial charge in [-0.25, -0.2) is 0 Å². The molecule has 1 atom stereocenters. The molecule has 0 aromatic rings. The van der Waals surface area contributed by atoms with Gasteiger partial charge in [0.15, 0.2) is 0 Å². The number of hydrogen-bond acceptors (Lipinski definition) is 1. The molecule has 0 saturated carbocycles. The van der Waals surface area contributed by atoms with Crippen LogP contribution < -0.4 is 0 Å². The lowest BCUT2D eigenvalue weighted by Crippen LogP contribution is -2.32. The highest BCUT2D eigenvalue weighted by Gasteiger charge is 2.34. The van der Waals surface area contributed by atoms with Gasteiger partial charge in [0.25, 0.3) is 0 Å². The highest BCUT2D eigenvalue weighted by molar-refractivity contribution is 6.48. The SMILES string of the molecule is C=C(C(=O)N(C)C)C(C)C(Cl)(Cl)CC. The van der Waals surface area contributed by atoms with Crippen molar-refractivity contribution in [3.63, 3.8) is 0 Å². The fourth-order valence-corrected chi connectivity index (χ4v) is 1.30.